The summed E-state index contributed by atoms with van der Waals surface area (Å²) in [5.74, 6) is -0.204. The molecule has 0 aliphatic carbocycles. The first-order valence-corrected chi connectivity index (χ1v) is 7.52. The summed E-state index contributed by atoms with van der Waals surface area (Å²) < 4.78 is 11.9. The largest absolute Gasteiger partial charge is 0.480 e. The van der Waals surface area contributed by atoms with Crippen LogP contribution < -0.4 is 0 Å². The summed E-state index contributed by atoms with van der Waals surface area (Å²) in [6, 6.07) is 7.89. The Balaban J connectivity index is 2.73. The molecule has 1 aromatic carbocycles. The van der Waals surface area contributed by atoms with Crippen LogP contribution in [0.3, 0.4) is 0 Å². The van der Waals surface area contributed by atoms with Crippen molar-refractivity contribution < 1.29 is 14.1 Å². The van der Waals surface area contributed by atoms with Crippen LogP contribution in [0, 0.1) is 0 Å². The van der Waals surface area contributed by atoms with Crippen LogP contribution >= 0.6 is 0 Å². The molecule has 100 valence electrons. The number of carboxylic acid groups (broad SMARTS) is 1. The Hall–Kier alpha value is -1.16. The van der Waals surface area contributed by atoms with Gasteiger partial charge in [-0.3, -0.25) is 9.00 Å². The summed E-state index contributed by atoms with van der Waals surface area (Å²) in [7, 11) is -1.36. The Kier molecular flexibility index (Phi) is 5.54. The van der Waals surface area contributed by atoms with Gasteiger partial charge in [-0.15, -0.1) is 0 Å². The van der Waals surface area contributed by atoms with Crippen LogP contribution in [0.2, 0.25) is 0 Å². The van der Waals surface area contributed by atoms with Gasteiger partial charge in [0.1, 0.15) is 5.25 Å². The highest BCUT2D eigenvalue weighted by Crippen LogP contribution is 2.16. The second-order valence-corrected chi connectivity index (χ2v) is 6.28. The van der Waals surface area contributed by atoms with Crippen LogP contribution in [0.5, 0.6) is 0 Å². The minimum atomic E-state index is -1.36. The van der Waals surface area contributed by atoms with E-state index in [-0.39, 0.29) is 0 Å². The molecule has 0 bridgehead atoms. The van der Waals surface area contributed by atoms with Crippen LogP contribution in [0.4, 0.5) is 0 Å². The van der Waals surface area contributed by atoms with Gasteiger partial charge in [-0.05, 0) is 23.5 Å². The van der Waals surface area contributed by atoms with E-state index in [4.69, 9.17) is 5.11 Å². The third-order valence-corrected chi connectivity index (χ3v) is 4.71. The lowest BCUT2D eigenvalue weighted by molar-refractivity contribution is -0.136. The van der Waals surface area contributed by atoms with Gasteiger partial charge >= 0.3 is 5.97 Å². The van der Waals surface area contributed by atoms with E-state index in [0.29, 0.717) is 18.1 Å². The molecular weight excluding hydrogens is 248 g/mol. The minimum absolute atomic E-state index is 0.309. The first kappa shape index (κ1) is 14.9. The molecule has 0 radical (unpaired) electrons. The predicted octanol–water partition coefficient (Wildman–Crippen LogP) is 2.92. The van der Waals surface area contributed by atoms with Gasteiger partial charge in [-0.1, -0.05) is 45.0 Å². The molecule has 0 aromatic heterocycles. The van der Waals surface area contributed by atoms with Crippen LogP contribution in [0.25, 0.3) is 0 Å². The molecule has 18 heavy (non-hydrogen) atoms. The number of carboxylic acids is 1. The van der Waals surface area contributed by atoms with Crippen molar-refractivity contribution in [2.24, 2.45) is 0 Å². The molecule has 0 saturated carbocycles. The highest BCUT2D eigenvalue weighted by molar-refractivity contribution is 7.85. The van der Waals surface area contributed by atoms with Gasteiger partial charge in [0.25, 0.3) is 0 Å². The fourth-order valence-electron chi connectivity index (χ4n) is 1.74. The summed E-state index contributed by atoms with van der Waals surface area (Å²) in [6.07, 6.45) is 0.395. The number of hydrogen-bond acceptors (Lipinski definition) is 2. The maximum Gasteiger partial charge on any atom is 0.319 e. The standard InChI is InChI=1S/C14H20O3S/c1-4-13(14(15)16)18(17)9-11-5-7-12(8-6-11)10(2)3/h5-8,10,13H,4,9H2,1-3H3,(H,15,16). The van der Waals surface area contributed by atoms with Gasteiger partial charge < -0.3 is 5.11 Å². The molecule has 1 N–H and O–H groups in total. The maximum absolute atomic E-state index is 11.9. The van der Waals surface area contributed by atoms with Crippen molar-refractivity contribution in [3.8, 4) is 0 Å². The molecule has 3 nitrogen and oxygen atoms in total. The SMILES string of the molecule is CCC(C(=O)O)S(=O)Cc1ccc(C(C)C)cc1. The summed E-state index contributed by atoms with van der Waals surface area (Å²) in [5, 5.41) is 8.18. The highest BCUT2D eigenvalue weighted by Gasteiger charge is 2.22. The molecule has 2 atom stereocenters. The van der Waals surface area contributed by atoms with E-state index in [0.717, 1.165) is 5.56 Å². The fraction of sp³-hybridized carbons (Fsp3) is 0.500. The zero-order chi connectivity index (χ0) is 13.7. The number of aliphatic carboxylic acids is 1. The molecular formula is C14H20O3S. The van der Waals surface area contributed by atoms with Gasteiger partial charge in [0.2, 0.25) is 0 Å². The monoisotopic (exact) mass is 268 g/mol. The molecule has 4 heteroatoms. The topological polar surface area (TPSA) is 54.4 Å². The van der Waals surface area contributed by atoms with Crippen molar-refractivity contribution in [3.63, 3.8) is 0 Å². The van der Waals surface area contributed by atoms with Gasteiger partial charge in [-0.25, -0.2) is 0 Å². The van der Waals surface area contributed by atoms with E-state index in [9.17, 15) is 9.00 Å². The zero-order valence-corrected chi connectivity index (χ0v) is 11.9. The molecule has 0 saturated heterocycles. The lowest BCUT2D eigenvalue weighted by Crippen LogP contribution is -2.25. The Morgan fingerprint density at radius 2 is 1.83 bits per heavy atom. The first-order chi connectivity index (χ1) is 8.45. The summed E-state index contributed by atoms with van der Waals surface area (Å²) in [4.78, 5) is 10.9. The lowest BCUT2D eigenvalue weighted by Gasteiger charge is -2.10. The summed E-state index contributed by atoms with van der Waals surface area (Å²) >= 11 is 0. The summed E-state index contributed by atoms with van der Waals surface area (Å²) in [6.45, 7) is 5.98. The van der Waals surface area contributed by atoms with Crippen LogP contribution in [0.15, 0.2) is 24.3 Å². The normalized spacial score (nSPS) is 14.4. The van der Waals surface area contributed by atoms with Crippen LogP contribution in [-0.4, -0.2) is 20.5 Å². The molecule has 0 aliphatic heterocycles. The van der Waals surface area contributed by atoms with Crippen molar-refractivity contribution in [2.75, 3.05) is 0 Å². The first-order valence-electron chi connectivity index (χ1n) is 6.14. The maximum atomic E-state index is 11.9. The third kappa shape index (κ3) is 3.95. The van der Waals surface area contributed by atoms with E-state index in [1.165, 1.54) is 5.56 Å². The predicted molar refractivity (Wildman–Crippen MR) is 74.1 cm³/mol. The second-order valence-electron chi connectivity index (χ2n) is 4.66. The highest BCUT2D eigenvalue weighted by atomic mass is 32.2. The minimum Gasteiger partial charge on any atom is -0.480 e. The Morgan fingerprint density at radius 3 is 2.22 bits per heavy atom. The Morgan fingerprint density at radius 1 is 1.28 bits per heavy atom. The van der Waals surface area contributed by atoms with Crippen molar-refractivity contribution >= 4 is 16.8 Å². The van der Waals surface area contributed by atoms with Crippen molar-refractivity contribution in [3.05, 3.63) is 35.4 Å². The van der Waals surface area contributed by atoms with Crippen molar-refractivity contribution in [1.29, 1.82) is 0 Å². The molecule has 1 rings (SSSR count). The van der Waals surface area contributed by atoms with Crippen molar-refractivity contribution in [2.45, 2.75) is 44.1 Å². The van der Waals surface area contributed by atoms with E-state index in [1.807, 2.05) is 24.3 Å². The summed E-state index contributed by atoms with van der Waals surface area (Å²) in [5.41, 5.74) is 2.16. The van der Waals surface area contributed by atoms with Crippen LogP contribution in [-0.2, 0) is 21.3 Å². The Bertz CT molecular complexity index is 423. The number of carbonyl (C=O) groups is 1. The molecule has 0 amide bonds. The average molecular weight is 268 g/mol. The molecule has 2 unspecified atom stereocenters. The quantitative estimate of drug-likeness (QED) is 0.863. The van der Waals surface area contributed by atoms with E-state index in [1.54, 1.807) is 6.92 Å². The van der Waals surface area contributed by atoms with Gasteiger partial charge in [0.05, 0.1) is 0 Å². The second kappa shape index (κ2) is 6.69. The fourth-order valence-corrected chi connectivity index (χ4v) is 3.06. The van der Waals surface area contributed by atoms with Gasteiger partial charge in [0.15, 0.2) is 0 Å². The number of hydrogen-bond donors (Lipinski definition) is 1. The molecule has 0 aliphatic rings. The van der Waals surface area contributed by atoms with E-state index >= 15 is 0 Å². The average Bonchev–Trinajstić information content (AvgIpc) is 2.29. The number of rotatable bonds is 6. The van der Waals surface area contributed by atoms with E-state index < -0.39 is 22.0 Å². The zero-order valence-electron chi connectivity index (χ0n) is 11.1. The molecule has 1 aromatic rings. The molecule has 0 spiro atoms. The number of benzene rings is 1. The van der Waals surface area contributed by atoms with E-state index in [2.05, 4.69) is 13.8 Å². The Labute approximate surface area is 111 Å². The molecule has 0 fully saturated rings. The van der Waals surface area contributed by atoms with Crippen LogP contribution in [0.1, 0.15) is 44.2 Å². The van der Waals surface area contributed by atoms with Gasteiger partial charge in [0, 0.05) is 16.6 Å². The van der Waals surface area contributed by atoms with Crippen molar-refractivity contribution in [1.82, 2.24) is 0 Å². The smallest absolute Gasteiger partial charge is 0.319 e. The third-order valence-electron chi connectivity index (χ3n) is 2.92. The van der Waals surface area contributed by atoms with Gasteiger partial charge in [-0.2, -0.15) is 0 Å². The molecule has 0 heterocycles. The lowest BCUT2D eigenvalue weighted by atomic mass is 10.0.